The van der Waals surface area contributed by atoms with E-state index in [-0.39, 0.29) is 0 Å². The number of fused-ring (bicyclic) bond motifs is 1. The highest BCUT2D eigenvalue weighted by Gasteiger charge is 2.14. The molecule has 2 heteroatoms. The van der Waals surface area contributed by atoms with Crippen LogP contribution in [0.1, 0.15) is 115 Å². The maximum absolute atomic E-state index is 6.00. The molecule has 0 N–H and O–H groups in total. The van der Waals surface area contributed by atoms with Crippen molar-refractivity contribution in [2.45, 2.75) is 110 Å². The summed E-state index contributed by atoms with van der Waals surface area (Å²) in [6, 6.07) is 17.2. The van der Waals surface area contributed by atoms with Crippen LogP contribution in [0.25, 0.3) is 6.08 Å². The molecule has 35 heavy (non-hydrogen) atoms. The predicted molar refractivity (Wildman–Crippen MR) is 154 cm³/mol. The normalized spacial score (nSPS) is 12.7. The van der Waals surface area contributed by atoms with E-state index in [1.54, 1.807) is 0 Å². The van der Waals surface area contributed by atoms with Crippen molar-refractivity contribution in [2.75, 3.05) is 18.1 Å². The van der Waals surface area contributed by atoms with E-state index in [0.717, 1.165) is 25.3 Å². The Morgan fingerprint density at radius 2 is 1.17 bits per heavy atom. The minimum Gasteiger partial charge on any atom is -0.494 e. The van der Waals surface area contributed by atoms with Crippen LogP contribution in [0.3, 0.4) is 0 Å². The molecule has 0 fully saturated rings. The zero-order valence-corrected chi connectivity index (χ0v) is 22.4. The minimum absolute atomic E-state index is 0.826. The first-order valence-electron chi connectivity index (χ1n) is 14.6. The molecule has 192 valence electrons. The van der Waals surface area contributed by atoms with Crippen molar-refractivity contribution in [3.8, 4) is 5.75 Å². The molecular weight excluding hydrogens is 426 g/mol. The predicted octanol–water partition coefficient (Wildman–Crippen LogP) is 10.5. The Bertz CT molecular complexity index is 825. The van der Waals surface area contributed by atoms with E-state index >= 15 is 0 Å². The third-order valence-electron chi connectivity index (χ3n) is 7.23. The van der Waals surface area contributed by atoms with Crippen LogP contribution < -0.4 is 9.64 Å². The molecule has 0 bridgehead atoms. The first-order chi connectivity index (χ1) is 17.4. The lowest BCUT2D eigenvalue weighted by atomic mass is 10.0. The van der Waals surface area contributed by atoms with Crippen molar-refractivity contribution >= 4 is 17.5 Å². The summed E-state index contributed by atoms with van der Waals surface area (Å²) in [6.45, 7) is 4.03. The van der Waals surface area contributed by atoms with Crippen LogP contribution in [0.5, 0.6) is 5.75 Å². The first-order valence-corrected chi connectivity index (χ1v) is 14.6. The smallest absolute Gasteiger partial charge is 0.119 e. The first kappa shape index (κ1) is 27.4. The van der Waals surface area contributed by atoms with Gasteiger partial charge >= 0.3 is 0 Å². The van der Waals surface area contributed by atoms with E-state index in [2.05, 4.69) is 72.5 Å². The Morgan fingerprint density at radius 3 is 1.77 bits per heavy atom. The molecule has 0 spiro atoms. The zero-order valence-electron chi connectivity index (χ0n) is 22.4. The van der Waals surface area contributed by atoms with Gasteiger partial charge in [-0.05, 0) is 42.3 Å². The summed E-state index contributed by atoms with van der Waals surface area (Å²) < 4.78 is 6.00. The van der Waals surface area contributed by atoms with Gasteiger partial charge in [0.2, 0.25) is 0 Å². The number of ether oxygens (including phenoxy) is 1. The molecule has 0 saturated heterocycles. The van der Waals surface area contributed by atoms with Crippen LogP contribution in [0.2, 0.25) is 0 Å². The van der Waals surface area contributed by atoms with Gasteiger partial charge in [0.1, 0.15) is 5.75 Å². The standard InChI is InChI=1S/C33H49NO/c1-2-3-4-5-6-7-8-9-10-11-12-13-14-15-16-19-29-35-32-26-24-31(25-27-32)34-28-20-22-30-21-17-18-23-33(30)34/h17-18,20-27H,2-16,19,28-29H2,1H3. The molecule has 3 rings (SSSR count). The Balaban J connectivity index is 1.15. The van der Waals surface area contributed by atoms with Gasteiger partial charge in [-0.25, -0.2) is 0 Å². The van der Waals surface area contributed by atoms with Gasteiger partial charge in [0.25, 0.3) is 0 Å². The molecule has 0 aromatic heterocycles. The molecule has 1 aliphatic rings. The molecule has 1 heterocycles. The van der Waals surface area contributed by atoms with E-state index in [4.69, 9.17) is 4.74 Å². The fourth-order valence-corrected chi connectivity index (χ4v) is 5.06. The average molecular weight is 476 g/mol. The van der Waals surface area contributed by atoms with Gasteiger partial charge < -0.3 is 9.64 Å². The molecule has 2 nitrogen and oxygen atoms in total. The molecule has 2 aromatic carbocycles. The summed E-state index contributed by atoms with van der Waals surface area (Å²) in [5, 5.41) is 0. The average Bonchev–Trinajstić information content (AvgIpc) is 2.90. The van der Waals surface area contributed by atoms with Crippen LogP contribution >= 0.6 is 0 Å². The van der Waals surface area contributed by atoms with E-state index in [0.29, 0.717) is 0 Å². The highest BCUT2D eigenvalue weighted by Crippen LogP contribution is 2.33. The summed E-state index contributed by atoms with van der Waals surface area (Å²) in [4.78, 5) is 2.36. The van der Waals surface area contributed by atoms with Gasteiger partial charge in [-0.2, -0.15) is 0 Å². The van der Waals surface area contributed by atoms with Crippen molar-refractivity contribution < 1.29 is 4.74 Å². The fourth-order valence-electron chi connectivity index (χ4n) is 5.06. The summed E-state index contributed by atoms with van der Waals surface area (Å²) >= 11 is 0. The Kier molecular flexibility index (Phi) is 13.5. The number of para-hydroxylation sites is 1. The number of anilines is 2. The third-order valence-corrected chi connectivity index (χ3v) is 7.23. The summed E-state index contributed by atoms with van der Waals surface area (Å²) in [6.07, 6.45) is 26.8. The lowest BCUT2D eigenvalue weighted by Crippen LogP contribution is -2.20. The van der Waals surface area contributed by atoms with Crippen molar-refractivity contribution in [3.05, 3.63) is 60.2 Å². The van der Waals surface area contributed by atoms with Crippen LogP contribution in [0, 0.1) is 0 Å². The molecule has 1 aliphatic heterocycles. The number of benzene rings is 2. The van der Waals surface area contributed by atoms with Crippen molar-refractivity contribution in [2.24, 2.45) is 0 Å². The minimum atomic E-state index is 0.826. The van der Waals surface area contributed by atoms with Crippen LogP contribution in [-0.2, 0) is 0 Å². The lowest BCUT2D eigenvalue weighted by molar-refractivity contribution is 0.304. The van der Waals surface area contributed by atoms with Crippen molar-refractivity contribution in [1.82, 2.24) is 0 Å². The molecule has 2 aromatic rings. The second-order valence-corrected chi connectivity index (χ2v) is 10.2. The highest BCUT2D eigenvalue weighted by atomic mass is 16.5. The van der Waals surface area contributed by atoms with E-state index in [9.17, 15) is 0 Å². The van der Waals surface area contributed by atoms with Gasteiger partial charge in [0, 0.05) is 17.9 Å². The highest BCUT2D eigenvalue weighted by molar-refractivity contribution is 5.77. The number of hydrogen-bond acceptors (Lipinski definition) is 2. The van der Waals surface area contributed by atoms with Crippen LogP contribution in [-0.4, -0.2) is 13.2 Å². The topological polar surface area (TPSA) is 12.5 Å². The van der Waals surface area contributed by atoms with Gasteiger partial charge in [0.05, 0.1) is 6.61 Å². The molecular formula is C33H49NO. The van der Waals surface area contributed by atoms with Crippen LogP contribution in [0.15, 0.2) is 54.6 Å². The van der Waals surface area contributed by atoms with E-state index in [1.807, 2.05) is 0 Å². The Labute approximate surface area is 215 Å². The fraction of sp³-hybridized carbons (Fsp3) is 0.576. The molecule has 0 amide bonds. The Hall–Kier alpha value is -2.22. The number of unbranched alkanes of at least 4 members (excludes halogenated alkanes) is 15. The monoisotopic (exact) mass is 475 g/mol. The summed E-state index contributed by atoms with van der Waals surface area (Å²) in [5.74, 6) is 0.982. The number of hydrogen-bond donors (Lipinski definition) is 0. The molecule has 0 unspecified atom stereocenters. The molecule has 0 radical (unpaired) electrons. The van der Waals surface area contributed by atoms with Gasteiger partial charge in [-0.15, -0.1) is 0 Å². The maximum Gasteiger partial charge on any atom is 0.119 e. The second-order valence-electron chi connectivity index (χ2n) is 10.2. The summed E-state index contributed by atoms with van der Waals surface area (Å²) in [7, 11) is 0. The maximum atomic E-state index is 6.00. The summed E-state index contributed by atoms with van der Waals surface area (Å²) in [5.41, 5.74) is 3.77. The SMILES string of the molecule is CCCCCCCCCCCCCCCCCCOc1ccc(N2CC=Cc3ccccc32)cc1. The number of nitrogens with zero attached hydrogens (tertiary/aromatic N) is 1. The van der Waals surface area contributed by atoms with Crippen molar-refractivity contribution in [1.29, 1.82) is 0 Å². The van der Waals surface area contributed by atoms with Gasteiger partial charge in [0.15, 0.2) is 0 Å². The molecule has 0 aliphatic carbocycles. The largest absolute Gasteiger partial charge is 0.494 e. The number of rotatable bonds is 19. The molecule has 0 saturated carbocycles. The molecule has 0 atom stereocenters. The van der Waals surface area contributed by atoms with Crippen LogP contribution in [0.4, 0.5) is 11.4 Å². The lowest BCUT2D eigenvalue weighted by Gasteiger charge is -2.28. The zero-order chi connectivity index (χ0) is 24.4. The quantitative estimate of drug-likeness (QED) is 0.187. The van der Waals surface area contributed by atoms with E-state index in [1.165, 1.54) is 113 Å². The Morgan fingerprint density at radius 1 is 0.629 bits per heavy atom. The van der Waals surface area contributed by atoms with Gasteiger partial charge in [-0.1, -0.05) is 134 Å². The van der Waals surface area contributed by atoms with Crippen molar-refractivity contribution in [3.63, 3.8) is 0 Å². The van der Waals surface area contributed by atoms with E-state index < -0.39 is 0 Å². The third kappa shape index (κ3) is 10.5. The van der Waals surface area contributed by atoms with Gasteiger partial charge in [-0.3, -0.25) is 0 Å². The second kappa shape index (κ2) is 17.2.